The Bertz CT molecular complexity index is 434. The standard InChI is InChI=1S/C12H18N2O2S/c1-12(2)5-3-9(16-12)8-17(15)11-4-6-14-7-10(11)13/h4,6-7,9H,3,5,8,13H2,1-2H3. The number of aromatic nitrogens is 1. The summed E-state index contributed by atoms with van der Waals surface area (Å²) in [5.74, 6) is 0.512. The van der Waals surface area contributed by atoms with Crippen LogP contribution in [0.5, 0.6) is 0 Å². The number of nitrogens with two attached hydrogens (primary N) is 1. The van der Waals surface area contributed by atoms with Crippen LogP contribution >= 0.6 is 0 Å². The summed E-state index contributed by atoms with van der Waals surface area (Å²) in [6.07, 6.45) is 5.19. The molecule has 1 fully saturated rings. The third-order valence-electron chi connectivity index (χ3n) is 2.95. The highest BCUT2D eigenvalue weighted by molar-refractivity contribution is 7.85. The fourth-order valence-electron chi connectivity index (χ4n) is 2.05. The molecule has 2 rings (SSSR count). The summed E-state index contributed by atoms with van der Waals surface area (Å²) in [4.78, 5) is 4.55. The fourth-order valence-corrected chi connectivity index (χ4v) is 3.34. The van der Waals surface area contributed by atoms with Crippen molar-refractivity contribution in [2.45, 2.75) is 43.3 Å². The third kappa shape index (κ3) is 3.04. The number of ether oxygens (including phenoxy) is 1. The third-order valence-corrected chi connectivity index (χ3v) is 4.48. The Morgan fingerprint density at radius 1 is 1.65 bits per heavy atom. The molecule has 1 aliphatic heterocycles. The van der Waals surface area contributed by atoms with Crippen LogP contribution in [0.15, 0.2) is 23.4 Å². The van der Waals surface area contributed by atoms with Crippen LogP contribution in [0, 0.1) is 0 Å². The second kappa shape index (κ2) is 4.74. The molecule has 2 heterocycles. The van der Waals surface area contributed by atoms with E-state index in [0.717, 1.165) is 12.8 Å². The molecule has 1 aliphatic rings. The summed E-state index contributed by atoms with van der Waals surface area (Å²) in [7, 11) is -1.11. The molecule has 2 N–H and O–H groups in total. The molecule has 0 amide bonds. The van der Waals surface area contributed by atoms with Crippen LogP contribution < -0.4 is 5.73 Å². The predicted molar refractivity (Wildman–Crippen MR) is 68.1 cm³/mol. The average molecular weight is 254 g/mol. The molecule has 0 saturated carbocycles. The van der Waals surface area contributed by atoms with E-state index in [1.807, 2.05) is 0 Å². The van der Waals surface area contributed by atoms with Crippen LogP contribution in [-0.4, -0.2) is 26.7 Å². The van der Waals surface area contributed by atoms with Gasteiger partial charge >= 0.3 is 0 Å². The average Bonchev–Trinajstić information content (AvgIpc) is 2.58. The largest absolute Gasteiger partial charge is 0.396 e. The zero-order valence-corrected chi connectivity index (χ0v) is 11.0. The van der Waals surface area contributed by atoms with Crippen LogP contribution in [0.1, 0.15) is 26.7 Å². The monoisotopic (exact) mass is 254 g/mol. The van der Waals surface area contributed by atoms with Gasteiger partial charge in [-0.1, -0.05) is 0 Å². The van der Waals surface area contributed by atoms with Gasteiger partial charge in [0.2, 0.25) is 0 Å². The molecule has 1 saturated heterocycles. The summed E-state index contributed by atoms with van der Waals surface area (Å²) < 4.78 is 18.0. The molecule has 1 aromatic heterocycles. The summed E-state index contributed by atoms with van der Waals surface area (Å²) in [6, 6.07) is 1.71. The maximum absolute atomic E-state index is 12.2. The van der Waals surface area contributed by atoms with Gasteiger partial charge in [0.1, 0.15) is 0 Å². The van der Waals surface area contributed by atoms with E-state index < -0.39 is 10.8 Å². The molecule has 4 nitrogen and oxygen atoms in total. The van der Waals surface area contributed by atoms with Crippen molar-refractivity contribution in [2.24, 2.45) is 0 Å². The second-order valence-electron chi connectivity index (χ2n) is 4.96. The molecule has 17 heavy (non-hydrogen) atoms. The summed E-state index contributed by atoms with van der Waals surface area (Å²) in [6.45, 7) is 4.13. The number of pyridine rings is 1. The van der Waals surface area contributed by atoms with Gasteiger partial charge < -0.3 is 10.5 Å². The van der Waals surface area contributed by atoms with E-state index in [9.17, 15) is 4.21 Å². The minimum Gasteiger partial charge on any atom is -0.396 e. The van der Waals surface area contributed by atoms with Gasteiger partial charge in [-0.2, -0.15) is 0 Å². The molecule has 2 atom stereocenters. The first-order valence-corrected chi connectivity index (χ1v) is 7.05. The Labute approximate surface area is 104 Å². The van der Waals surface area contributed by atoms with Gasteiger partial charge in [0, 0.05) is 6.20 Å². The lowest BCUT2D eigenvalue weighted by Gasteiger charge is -2.19. The Morgan fingerprint density at radius 2 is 2.41 bits per heavy atom. The van der Waals surface area contributed by atoms with E-state index in [1.54, 1.807) is 12.3 Å². The minimum atomic E-state index is -1.11. The number of anilines is 1. The van der Waals surface area contributed by atoms with Crippen molar-refractivity contribution in [3.8, 4) is 0 Å². The lowest BCUT2D eigenvalue weighted by atomic mass is 10.1. The first-order valence-electron chi connectivity index (χ1n) is 5.74. The molecule has 2 unspecified atom stereocenters. The van der Waals surface area contributed by atoms with Crippen molar-refractivity contribution in [1.29, 1.82) is 0 Å². The molecule has 0 aliphatic carbocycles. The Hall–Kier alpha value is -0.940. The van der Waals surface area contributed by atoms with Gasteiger partial charge in [-0.15, -0.1) is 0 Å². The van der Waals surface area contributed by atoms with Crippen molar-refractivity contribution in [1.82, 2.24) is 4.98 Å². The topological polar surface area (TPSA) is 65.2 Å². The van der Waals surface area contributed by atoms with Crippen LogP contribution in [-0.2, 0) is 15.5 Å². The SMILES string of the molecule is CC1(C)CCC(CS(=O)c2ccncc2N)O1. The highest BCUT2D eigenvalue weighted by atomic mass is 32.2. The van der Waals surface area contributed by atoms with E-state index >= 15 is 0 Å². The summed E-state index contributed by atoms with van der Waals surface area (Å²) in [5.41, 5.74) is 6.16. The quantitative estimate of drug-likeness (QED) is 0.892. The highest BCUT2D eigenvalue weighted by Crippen LogP contribution is 2.30. The van der Waals surface area contributed by atoms with Crippen molar-refractivity contribution in [2.75, 3.05) is 11.5 Å². The molecular formula is C12H18N2O2S. The Kier molecular flexibility index (Phi) is 3.49. The lowest BCUT2D eigenvalue weighted by molar-refractivity contribution is -0.00498. The van der Waals surface area contributed by atoms with Gasteiger partial charge in [-0.05, 0) is 32.8 Å². The molecular weight excluding hydrogens is 236 g/mol. The van der Waals surface area contributed by atoms with E-state index in [4.69, 9.17) is 10.5 Å². The van der Waals surface area contributed by atoms with Gasteiger partial charge in [0.15, 0.2) is 0 Å². The smallest absolute Gasteiger partial charge is 0.0702 e. The van der Waals surface area contributed by atoms with Crippen molar-refractivity contribution in [3.05, 3.63) is 18.5 Å². The van der Waals surface area contributed by atoms with E-state index in [-0.39, 0.29) is 11.7 Å². The van der Waals surface area contributed by atoms with Gasteiger partial charge in [0.05, 0.1) is 45.0 Å². The van der Waals surface area contributed by atoms with Gasteiger partial charge in [-0.3, -0.25) is 9.19 Å². The van der Waals surface area contributed by atoms with Gasteiger partial charge in [-0.25, -0.2) is 0 Å². The van der Waals surface area contributed by atoms with Crippen LogP contribution in [0.4, 0.5) is 5.69 Å². The molecule has 0 radical (unpaired) electrons. The van der Waals surface area contributed by atoms with Crippen LogP contribution in [0.25, 0.3) is 0 Å². The van der Waals surface area contributed by atoms with Crippen LogP contribution in [0.2, 0.25) is 0 Å². The van der Waals surface area contributed by atoms with Gasteiger partial charge in [0.25, 0.3) is 0 Å². The van der Waals surface area contributed by atoms with Crippen molar-refractivity contribution < 1.29 is 8.95 Å². The number of nitrogen functional groups attached to an aromatic ring is 1. The molecule has 5 heteroatoms. The van der Waals surface area contributed by atoms with E-state index in [2.05, 4.69) is 18.8 Å². The van der Waals surface area contributed by atoms with Crippen molar-refractivity contribution >= 4 is 16.5 Å². The normalized spacial score (nSPS) is 24.7. The molecule has 94 valence electrons. The maximum atomic E-state index is 12.2. The number of hydrogen-bond donors (Lipinski definition) is 1. The summed E-state index contributed by atoms with van der Waals surface area (Å²) >= 11 is 0. The molecule has 0 bridgehead atoms. The molecule has 0 spiro atoms. The van der Waals surface area contributed by atoms with Crippen molar-refractivity contribution in [3.63, 3.8) is 0 Å². The predicted octanol–water partition coefficient (Wildman–Crippen LogP) is 1.73. The minimum absolute atomic E-state index is 0.0680. The second-order valence-corrected chi connectivity index (χ2v) is 6.43. The van der Waals surface area contributed by atoms with Crippen LogP contribution in [0.3, 0.4) is 0 Å². The Balaban J connectivity index is 2.01. The first kappa shape index (κ1) is 12.5. The summed E-state index contributed by atoms with van der Waals surface area (Å²) in [5, 5.41) is 0. The zero-order valence-electron chi connectivity index (χ0n) is 10.2. The first-order chi connectivity index (χ1) is 7.98. The van der Waals surface area contributed by atoms with E-state index in [1.165, 1.54) is 6.20 Å². The van der Waals surface area contributed by atoms with E-state index in [0.29, 0.717) is 16.3 Å². The fraction of sp³-hybridized carbons (Fsp3) is 0.583. The zero-order chi connectivity index (χ0) is 12.5. The highest BCUT2D eigenvalue weighted by Gasteiger charge is 2.32. The molecule has 1 aromatic rings. The Morgan fingerprint density at radius 3 is 3.00 bits per heavy atom. The lowest BCUT2D eigenvalue weighted by Crippen LogP contribution is -2.23. The maximum Gasteiger partial charge on any atom is 0.0702 e. The molecule has 0 aromatic carbocycles. The number of hydrogen-bond acceptors (Lipinski definition) is 4. The number of nitrogens with zero attached hydrogens (tertiary/aromatic N) is 1. The number of rotatable bonds is 3.